The van der Waals surface area contributed by atoms with Crippen LogP contribution in [0.4, 0.5) is 0 Å². The maximum Gasteiger partial charge on any atom is 0.374 e. The molecule has 0 radical (unpaired) electrons. The van der Waals surface area contributed by atoms with Gasteiger partial charge in [0.1, 0.15) is 6.10 Å². The Bertz CT molecular complexity index is 374. The van der Waals surface area contributed by atoms with E-state index in [1.54, 1.807) is 12.1 Å². The lowest BCUT2D eigenvalue weighted by Gasteiger charge is -2.38. The molecule has 0 N–H and O–H groups in total. The summed E-state index contributed by atoms with van der Waals surface area (Å²) >= 11 is 0. The van der Waals surface area contributed by atoms with Crippen molar-refractivity contribution < 1.29 is 13.9 Å². The van der Waals surface area contributed by atoms with E-state index in [4.69, 9.17) is 9.15 Å². The summed E-state index contributed by atoms with van der Waals surface area (Å²) in [5.74, 6) is 0.280. The minimum absolute atomic E-state index is 0.0150. The van der Waals surface area contributed by atoms with Gasteiger partial charge >= 0.3 is 5.97 Å². The van der Waals surface area contributed by atoms with Gasteiger partial charge in [-0.25, -0.2) is 4.79 Å². The molecule has 0 bridgehead atoms. The molecule has 4 nitrogen and oxygen atoms in total. The number of carbonyl (C=O) groups is 1. The Balaban J connectivity index is 1.97. The van der Waals surface area contributed by atoms with Crippen LogP contribution in [0.3, 0.4) is 0 Å². The number of likely N-dealkylation sites (tertiary alicyclic amines) is 1. The Morgan fingerprint density at radius 2 is 2.29 bits per heavy atom. The van der Waals surface area contributed by atoms with Gasteiger partial charge in [-0.3, -0.25) is 0 Å². The first-order valence-electron chi connectivity index (χ1n) is 6.02. The third-order valence-corrected chi connectivity index (χ3v) is 3.52. The Labute approximate surface area is 102 Å². The zero-order chi connectivity index (χ0) is 12.4. The predicted molar refractivity (Wildman–Crippen MR) is 63.8 cm³/mol. The van der Waals surface area contributed by atoms with Crippen molar-refractivity contribution in [3.63, 3.8) is 0 Å². The van der Waals surface area contributed by atoms with Gasteiger partial charge in [-0.05, 0) is 32.5 Å². The standard InChI is InChI=1S/C13H19NO3/c1-9-8-14(3)10(2)7-12(9)17-13(15)11-5-4-6-16-11/h4-6,9-10,12H,7-8H2,1-3H3/t9-,10-,12+/m1/s1. The lowest BCUT2D eigenvalue weighted by atomic mass is 9.92. The first kappa shape index (κ1) is 12.2. The minimum Gasteiger partial charge on any atom is -0.457 e. The third kappa shape index (κ3) is 2.69. The number of hydrogen-bond donors (Lipinski definition) is 0. The number of piperidine rings is 1. The average Bonchev–Trinajstić information content (AvgIpc) is 2.79. The fraction of sp³-hybridized carbons (Fsp3) is 0.615. The second kappa shape index (κ2) is 4.92. The molecule has 3 atom stereocenters. The van der Waals surface area contributed by atoms with Crippen LogP contribution in [0, 0.1) is 5.92 Å². The van der Waals surface area contributed by atoms with Gasteiger partial charge in [0.2, 0.25) is 5.76 Å². The fourth-order valence-electron chi connectivity index (χ4n) is 2.25. The fourth-order valence-corrected chi connectivity index (χ4v) is 2.25. The van der Waals surface area contributed by atoms with Gasteiger partial charge in [-0.15, -0.1) is 0 Å². The summed E-state index contributed by atoms with van der Waals surface area (Å²) in [6, 6.07) is 3.77. The van der Waals surface area contributed by atoms with Crippen molar-refractivity contribution in [3.05, 3.63) is 24.2 Å². The van der Waals surface area contributed by atoms with E-state index in [1.165, 1.54) is 6.26 Å². The monoisotopic (exact) mass is 237 g/mol. The zero-order valence-corrected chi connectivity index (χ0v) is 10.6. The van der Waals surface area contributed by atoms with E-state index in [2.05, 4.69) is 25.8 Å². The maximum atomic E-state index is 11.8. The number of carbonyl (C=O) groups excluding carboxylic acids is 1. The van der Waals surface area contributed by atoms with Crippen LogP contribution in [0.1, 0.15) is 30.8 Å². The highest BCUT2D eigenvalue weighted by atomic mass is 16.6. The number of nitrogens with zero attached hydrogens (tertiary/aromatic N) is 1. The highest BCUT2D eigenvalue weighted by Crippen LogP contribution is 2.24. The molecule has 1 fully saturated rings. The van der Waals surface area contributed by atoms with Crippen LogP contribution in [0.5, 0.6) is 0 Å². The van der Waals surface area contributed by atoms with E-state index < -0.39 is 0 Å². The number of hydrogen-bond acceptors (Lipinski definition) is 4. The molecule has 94 valence electrons. The van der Waals surface area contributed by atoms with Crippen molar-refractivity contribution in [1.82, 2.24) is 4.90 Å². The summed E-state index contributed by atoms with van der Waals surface area (Å²) in [7, 11) is 2.10. The average molecular weight is 237 g/mol. The quantitative estimate of drug-likeness (QED) is 0.739. The molecule has 1 aromatic heterocycles. The van der Waals surface area contributed by atoms with E-state index in [0.717, 1.165) is 13.0 Å². The first-order chi connectivity index (χ1) is 8.08. The number of rotatable bonds is 2. The molecule has 0 amide bonds. The largest absolute Gasteiger partial charge is 0.457 e. The van der Waals surface area contributed by atoms with E-state index in [9.17, 15) is 4.79 Å². The lowest BCUT2D eigenvalue weighted by molar-refractivity contribution is -0.0219. The summed E-state index contributed by atoms with van der Waals surface area (Å²) in [5, 5.41) is 0. The molecular formula is C13H19NO3. The van der Waals surface area contributed by atoms with Crippen LogP contribution < -0.4 is 0 Å². The summed E-state index contributed by atoms with van der Waals surface area (Å²) in [4.78, 5) is 14.1. The van der Waals surface area contributed by atoms with Crippen molar-refractivity contribution in [1.29, 1.82) is 0 Å². The predicted octanol–water partition coefficient (Wildman–Crippen LogP) is 2.17. The highest BCUT2D eigenvalue weighted by molar-refractivity contribution is 5.86. The third-order valence-electron chi connectivity index (χ3n) is 3.52. The van der Waals surface area contributed by atoms with Crippen LogP contribution >= 0.6 is 0 Å². The molecule has 0 aliphatic carbocycles. The molecule has 4 heteroatoms. The molecular weight excluding hydrogens is 218 g/mol. The molecule has 1 aromatic rings. The molecule has 0 saturated carbocycles. The number of esters is 1. The van der Waals surface area contributed by atoms with Crippen LogP contribution in [0.25, 0.3) is 0 Å². The van der Waals surface area contributed by atoms with E-state index in [0.29, 0.717) is 12.0 Å². The highest BCUT2D eigenvalue weighted by Gasteiger charge is 2.32. The van der Waals surface area contributed by atoms with Crippen LogP contribution in [-0.4, -0.2) is 36.6 Å². The molecule has 0 unspecified atom stereocenters. The Hall–Kier alpha value is -1.29. The normalized spacial score (nSPS) is 30.2. The van der Waals surface area contributed by atoms with Crippen LogP contribution in [-0.2, 0) is 4.74 Å². The van der Waals surface area contributed by atoms with E-state index >= 15 is 0 Å². The SMILES string of the molecule is C[C@@H]1CN(C)[C@H](C)C[C@@H]1OC(=O)c1ccco1. The van der Waals surface area contributed by atoms with Gasteiger partial charge in [0, 0.05) is 18.5 Å². The Morgan fingerprint density at radius 3 is 2.94 bits per heavy atom. The summed E-state index contributed by atoms with van der Waals surface area (Å²) in [6.45, 7) is 5.22. The molecule has 0 spiro atoms. The van der Waals surface area contributed by atoms with E-state index in [1.807, 2.05) is 0 Å². The van der Waals surface area contributed by atoms with Crippen molar-refractivity contribution in [2.24, 2.45) is 5.92 Å². The lowest BCUT2D eigenvalue weighted by Crippen LogP contribution is -2.46. The molecule has 1 aliphatic heterocycles. The first-order valence-corrected chi connectivity index (χ1v) is 6.02. The maximum absolute atomic E-state index is 11.8. The Morgan fingerprint density at radius 1 is 1.53 bits per heavy atom. The van der Waals surface area contributed by atoms with Crippen molar-refractivity contribution in [2.45, 2.75) is 32.4 Å². The summed E-state index contributed by atoms with van der Waals surface area (Å²) < 4.78 is 10.5. The van der Waals surface area contributed by atoms with Crippen molar-refractivity contribution >= 4 is 5.97 Å². The van der Waals surface area contributed by atoms with Gasteiger partial charge in [0.15, 0.2) is 0 Å². The molecule has 17 heavy (non-hydrogen) atoms. The van der Waals surface area contributed by atoms with Gasteiger partial charge < -0.3 is 14.1 Å². The molecule has 2 heterocycles. The second-order valence-electron chi connectivity index (χ2n) is 4.92. The van der Waals surface area contributed by atoms with E-state index in [-0.39, 0.29) is 17.8 Å². The van der Waals surface area contributed by atoms with Gasteiger partial charge in [0.25, 0.3) is 0 Å². The topological polar surface area (TPSA) is 42.7 Å². The van der Waals surface area contributed by atoms with Crippen molar-refractivity contribution in [2.75, 3.05) is 13.6 Å². The summed E-state index contributed by atoms with van der Waals surface area (Å²) in [5.41, 5.74) is 0. The van der Waals surface area contributed by atoms with Gasteiger partial charge in [-0.1, -0.05) is 6.92 Å². The van der Waals surface area contributed by atoms with Crippen LogP contribution in [0.15, 0.2) is 22.8 Å². The zero-order valence-electron chi connectivity index (χ0n) is 10.6. The molecule has 1 saturated heterocycles. The van der Waals surface area contributed by atoms with Gasteiger partial charge in [-0.2, -0.15) is 0 Å². The van der Waals surface area contributed by atoms with Crippen molar-refractivity contribution in [3.8, 4) is 0 Å². The number of furan rings is 1. The molecule has 1 aliphatic rings. The Kier molecular flexibility index (Phi) is 3.52. The van der Waals surface area contributed by atoms with Gasteiger partial charge in [0.05, 0.1) is 6.26 Å². The minimum atomic E-state index is -0.358. The van der Waals surface area contributed by atoms with Crippen LogP contribution in [0.2, 0.25) is 0 Å². The summed E-state index contributed by atoms with van der Waals surface area (Å²) in [6.07, 6.45) is 2.35. The second-order valence-corrected chi connectivity index (χ2v) is 4.92. The smallest absolute Gasteiger partial charge is 0.374 e. The molecule has 2 rings (SSSR count). The number of ether oxygens (including phenoxy) is 1. The molecule has 0 aromatic carbocycles.